The molecule has 2 rings (SSSR count). The summed E-state index contributed by atoms with van der Waals surface area (Å²) in [4.78, 5) is 4.35. The SMILES string of the molecule is COc1ccc(OC)c(N=Cc2cc(Br)ccc2O)c1. The van der Waals surface area contributed by atoms with Crippen molar-refractivity contribution in [3.8, 4) is 17.2 Å². The maximum absolute atomic E-state index is 9.77. The van der Waals surface area contributed by atoms with Crippen LogP contribution in [0.25, 0.3) is 0 Å². The van der Waals surface area contributed by atoms with E-state index < -0.39 is 0 Å². The summed E-state index contributed by atoms with van der Waals surface area (Å²) in [5.41, 5.74) is 1.25. The molecule has 2 aromatic carbocycles. The Labute approximate surface area is 125 Å². The molecule has 5 heteroatoms. The number of benzene rings is 2. The van der Waals surface area contributed by atoms with Crippen molar-refractivity contribution in [3.05, 3.63) is 46.4 Å². The van der Waals surface area contributed by atoms with Gasteiger partial charge in [0.2, 0.25) is 0 Å². The largest absolute Gasteiger partial charge is 0.507 e. The maximum Gasteiger partial charge on any atom is 0.144 e. The van der Waals surface area contributed by atoms with Crippen LogP contribution in [0, 0.1) is 0 Å². The molecule has 104 valence electrons. The minimum atomic E-state index is 0.166. The summed E-state index contributed by atoms with van der Waals surface area (Å²) in [7, 11) is 3.17. The van der Waals surface area contributed by atoms with Crippen LogP contribution in [0.15, 0.2) is 45.9 Å². The highest BCUT2D eigenvalue weighted by Gasteiger charge is 2.04. The van der Waals surface area contributed by atoms with Gasteiger partial charge in [-0.05, 0) is 30.3 Å². The average Bonchev–Trinajstić information content (AvgIpc) is 2.47. The number of hydrogen-bond donors (Lipinski definition) is 1. The first kappa shape index (κ1) is 14.4. The van der Waals surface area contributed by atoms with Crippen molar-refractivity contribution >= 4 is 27.8 Å². The number of rotatable bonds is 4. The van der Waals surface area contributed by atoms with Crippen LogP contribution in [0.4, 0.5) is 5.69 Å². The van der Waals surface area contributed by atoms with Crippen molar-refractivity contribution in [1.82, 2.24) is 0 Å². The summed E-state index contributed by atoms with van der Waals surface area (Å²) in [5, 5.41) is 9.77. The van der Waals surface area contributed by atoms with Gasteiger partial charge in [0.1, 0.15) is 22.9 Å². The van der Waals surface area contributed by atoms with E-state index in [0.29, 0.717) is 22.7 Å². The number of hydrogen-bond acceptors (Lipinski definition) is 4. The lowest BCUT2D eigenvalue weighted by atomic mass is 10.2. The summed E-state index contributed by atoms with van der Waals surface area (Å²) in [5.74, 6) is 1.49. The normalized spacial score (nSPS) is 10.8. The third-order valence-corrected chi connectivity index (χ3v) is 3.21. The second-order valence-electron chi connectivity index (χ2n) is 4.00. The molecule has 0 aliphatic heterocycles. The molecule has 0 amide bonds. The first-order valence-electron chi connectivity index (χ1n) is 5.88. The molecule has 0 unspecified atom stereocenters. The van der Waals surface area contributed by atoms with Gasteiger partial charge < -0.3 is 14.6 Å². The molecule has 2 aromatic rings. The molecule has 0 atom stereocenters. The van der Waals surface area contributed by atoms with Crippen LogP contribution in [0.5, 0.6) is 17.2 Å². The minimum Gasteiger partial charge on any atom is -0.507 e. The molecular weight excluding hydrogens is 322 g/mol. The molecular formula is C15H14BrNO3. The molecule has 0 saturated carbocycles. The molecule has 0 aliphatic rings. The summed E-state index contributed by atoms with van der Waals surface area (Å²) < 4.78 is 11.3. The zero-order valence-corrected chi connectivity index (χ0v) is 12.7. The molecule has 0 radical (unpaired) electrons. The molecule has 0 aromatic heterocycles. The number of ether oxygens (including phenoxy) is 2. The van der Waals surface area contributed by atoms with Crippen LogP contribution in [0.2, 0.25) is 0 Å². The first-order chi connectivity index (χ1) is 9.63. The molecule has 20 heavy (non-hydrogen) atoms. The Morgan fingerprint density at radius 1 is 1.10 bits per heavy atom. The summed E-state index contributed by atoms with van der Waals surface area (Å²) in [6.07, 6.45) is 1.58. The van der Waals surface area contributed by atoms with Crippen LogP contribution in [0.1, 0.15) is 5.56 Å². The minimum absolute atomic E-state index is 0.166. The topological polar surface area (TPSA) is 51.0 Å². The number of aliphatic imine (C=N–C) groups is 1. The molecule has 0 saturated heterocycles. The lowest BCUT2D eigenvalue weighted by Crippen LogP contribution is -1.88. The smallest absolute Gasteiger partial charge is 0.144 e. The number of nitrogens with zero attached hydrogens (tertiary/aromatic N) is 1. The Morgan fingerprint density at radius 2 is 1.90 bits per heavy atom. The van der Waals surface area contributed by atoms with Gasteiger partial charge in [-0.2, -0.15) is 0 Å². The zero-order chi connectivity index (χ0) is 14.5. The van der Waals surface area contributed by atoms with Crippen molar-refractivity contribution in [2.45, 2.75) is 0 Å². The van der Waals surface area contributed by atoms with E-state index in [0.717, 1.165) is 4.47 Å². The van der Waals surface area contributed by atoms with Gasteiger partial charge >= 0.3 is 0 Å². The zero-order valence-electron chi connectivity index (χ0n) is 11.1. The van der Waals surface area contributed by atoms with Crippen LogP contribution in [-0.2, 0) is 0 Å². The van der Waals surface area contributed by atoms with Gasteiger partial charge in [0.05, 0.1) is 14.2 Å². The van der Waals surface area contributed by atoms with Gasteiger partial charge in [-0.3, -0.25) is 4.99 Å². The van der Waals surface area contributed by atoms with Crippen LogP contribution >= 0.6 is 15.9 Å². The van der Waals surface area contributed by atoms with Gasteiger partial charge in [-0.1, -0.05) is 15.9 Å². The lowest BCUT2D eigenvalue weighted by Gasteiger charge is -2.06. The highest BCUT2D eigenvalue weighted by molar-refractivity contribution is 9.10. The highest BCUT2D eigenvalue weighted by atomic mass is 79.9. The molecule has 0 aliphatic carbocycles. The summed E-state index contributed by atoms with van der Waals surface area (Å²) >= 11 is 3.36. The monoisotopic (exact) mass is 335 g/mol. The predicted octanol–water partition coefficient (Wildman–Crippen LogP) is 3.92. The second-order valence-corrected chi connectivity index (χ2v) is 4.91. The Bertz CT molecular complexity index is 641. The van der Waals surface area contributed by atoms with Crippen molar-refractivity contribution in [1.29, 1.82) is 0 Å². The number of phenolic OH excluding ortho intramolecular Hbond substituents is 1. The molecule has 0 heterocycles. The number of halogens is 1. The van der Waals surface area contributed by atoms with Gasteiger partial charge in [-0.15, -0.1) is 0 Å². The summed E-state index contributed by atoms with van der Waals surface area (Å²) in [6.45, 7) is 0. The Kier molecular flexibility index (Phi) is 4.63. The molecule has 4 nitrogen and oxygen atoms in total. The van der Waals surface area contributed by atoms with Crippen molar-refractivity contribution in [3.63, 3.8) is 0 Å². The third kappa shape index (κ3) is 3.30. The summed E-state index contributed by atoms with van der Waals surface area (Å²) in [6, 6.07) is 10.5. The van der Waals surface area contributed by atoms with Gasteiger partial charge in [0.25, 0.3) is 0 Å². The standard InChI is InChI=1S/C15H14BrNO3/c1-19-12-4-6-15(20-2)13(8-12)17-9-10-7-11(16)3-5-14(10)18/h3-9,18H,1-2H3. The van der Waals surface area contributed by atoms with Crippen molar-refractivity contribution < 1.29 is 14.6 Å². The van der Waals surface area contributed by atoms with Crippen LogP contribution in [0.3, 0.4) is 0 Å². The molecule has 0 fully saturated rings. The number of phenols is 1. The molecule has 0 bridgehead atoms. The lowest BCUT2D eigenvalue weighted by molar-refractivity contribution is 0.404. The van der Waals surface area contributed by atoms with E-state index in [2.05, 4.69) is 20.9 Å². The quantitative estimate of drug-likeness (QED) is 0.861. The Hall–Kier alpha value is -2.01. The van der Waals surface area contributed by atoms with Crippen LogP contribution < -0.4 is 9.47 Å². The van der Waals surface area contributed by atoms with E-state index in [-0.39, 0.29) is 5.75 Å². The van der Waals surface area contributed by atoms with E-state index in [9.17, 15) is 5.11 Å². The second kappa shape index (κ2) is 6.43. The van der Waals surface area contributed by atoms with Gasteiger partial charge in [-0.25, -0.2) is 0 Å². The van der Waals surface area contributed by atoms with E-state index in [1.807, 2.05) is 0 Å². The van der Waals surface area contributed by atoms with Crippen molar-refractivity contribution in [2.24, 2.45) is 4.99 Å². The van der Waals surface area contributed by atoms with Crippen LogP contribution in [-0.4, -0.2) is 25.5 Å². The maximum atomic E-state index is 9.77. The first-order valence-corrected chi connectivity index (χ1v) is 6.68. The van der Waals surface area contributed by atoms with E-state index in [4.69, 9.17) is 9.47 Å². The van der Waals surface area contributed by atoms with Gasteiger partial charge in [0, 0.05) is 22.3 Å². The Balaban J connectivity index is 2.37. The van der Waals surface area contributed by atoms with E-state index >= 15 is 0 Å². The van der Waals surface area contributed by atoms with Crippen molar-refractivity contribution in [2.75, 3.05) is 14.2 Å². The predicted molar refractivity (Wildman–Crippen MR) is 82.6 cm³/mol. The fourth-order valence-corrected chi connectivity index (χ4v) is 2.04. The Morgan fingerprint density at radius 3 is 2.60 bits per heavy atom. The molecule has 1 N–H and O–H groups in total. The highest BCUT2D eigenvalue weighted by Crippen LogP contribution is 2.31. The van der Waals surface area contributed by atoms with E-state index in [1.165, 1.54) is 0 Å². The molecule has 0 spiro atoms. The third-order valence-electron chi connectivity index (χ3n) is 2.72. The number of aromatic hydroxyl groups is 1. The fraction of sp³-hybridized carbons (Fsp3) is 0.133. The fourth-order valence-electron chi connectivity index (χ4n) is 1.67. The van der Waals surface area contributed by atoms with Gasteiger partial charge in [0.15, 0.2) is 0 Å². The van der Waals surface area contributed by atoms with E-state index in [1.54, 1.807) is 56.8 Å². The average molecular weight is 336 g/mol. The number of methoxy groups -OCH3 is 2.